The van der Waals surface area contributed by atoms with E-state index in [4.69, 9.17) is 4.74 Å². The van der Waals surface area contributed by atoms with E-state index in [1.54, 1.807) is 35.1 Å². The van der Waals surface area contributed by atoms with Crippen molar-refractivity contribution < 1.29 is 14.3 Å². The fourth-order valence-electron chi connectivity index (χ4n) is 3.14. The molecule has 0 saturated carbocycles. The Kier molecular flexibility index (Phi) is 5.89. The van der Waals surface area contributed by atoms with Crippen molar-refractivity contribution in [2.24, 2.45) is 0 Å². The standard InChI is InChI=1S/C25H21N3O3/c1-18-9-5-7-13-22(18)27-24(29)17-31-23-14-8-6-12-21(23)25(30)19-15-26-28(16-19)20-10-3-2-4-11-20/h2-16H,17H2,1H3,(H,27,29). The maximum absolute atomic E-state index is 13.1. The van der Waals surface area contributed by atoms with E-state index in [-0.39, 0.29) is 18.3 Å². The number of anilines is 1. The molecule has 4 aromatic rings. The first kappa shape index (κ1) is 20.1. The first-order valence-electron chi connectivity index (χ1n) is 9.84. The van der Waals surface area contributed by atoms with Crippen molar-refractivity contribution in [2.45, 2.75) is 6.92 Å². The van der Waals surface area contributed by atoms with Gasteiger partial charge in [0.1, 0.15) is 5.75 Å². The number of carbonyl (C=O) groups is 2. The molecule has 1 aromatic heterocycles. The smallest absolute Gasteiger partial charge is 0.262 e. The molecule has 0 fully saturated rings. The molecule has 0 bridgehead atoms. The second-order valence-electron chi connectivity index (χ2n) is 6.99. The van der Waals surface area contributed by atoms with Crippen LogP contribution in [0.2, 0.25) is 0 Å². The zero-order chi connectivity index (χ0) is 21.6. The van der Waals surface area contributed by atoms with Crippen LogP contribution < -0.4 is 10.1 Å². The number of rotatable bonds is 7. The van der Waals surface area contributed by atoms with Crippen LogP contribution in [0.15, 0.2) is 91.3 Å². The predicted octanol–water partition coefficient (Wildman–Crippen LogP) is 4.43. The molecule has 0 radical (unpaired) electrons. The van der Waals surface area contributed by atoms with E-state index in [9.17, 15) is 9.59 Å². The average Bonchev–Trinajstić information content (AvgIpc) is 3.30. The Morgan fingerprint density at radius 2 is 1.65 bits per heavy atom. The number of aryl methyl sites for hydroxylation is 1. The van der Waals surface area contributed by atoms with Crippen molar-refractivity contribution in [1.82, 2.24) is 9.78 Å². The van der Waals surface area contributed by atoms with Gasteiger partial charge in [0, 0.05) is 11.9 Å². The number of hydrogen-bond acceptors (Lipinski definition) is 4. The largest absolute Gasteiger partial charge is 0.483 e. The van der Waals surface area contributed by atoms with Crippen LogP contribution in [0.3, 0.4) is 0 Å². The van der Waals surface area contributed by atoms with Crippen molar-refractivity contribution in [3.8, 4) is 11.4 Å². The van der Waals surface area contributed by atoms with E-state index >= 15 is 0 Å². The third-order valence-electron chi connectivity index (χ3n) is 4.78. The Morgan fingerprint density at radius 3 is 2.45 bits per heavy atom. The van der Waals surface area contributed by atoms with Gasteiger partial charge in [-0.2, -0.15) is 5.10 Å². The lowest BCUT2D eigenvalue weighted by molar-refractivity contribution is -0.118. The van der Waals surface area contributed by atoms with Crippen molar-refractivity contribution in [3.63, 3.8) is 0 Å². The summed E-state index contributed by atoms with van der Waals surface area (Å²) >= 11 is 0. The van der Waals surface area contributed by atoms with Gasteiger partial charge in [-0.1, -0.05) is 48.5 Å². The van der Waals surface area contributed by atoms with Crippen LogP contribution in [0.5, 0.6) is 5.75 Å². The molecule has 1 amide bonds. The summed E-state index contributed by atoms with van der Waals surface area (Å²) in [7, 11) is 0. The normalized spacial score (nSPS) is 10.5. The fraction of sp³-hybridized carbons (Fsp3) is 0.0800. The van der Waals surface area contributed by atoms with Crippen molar-refractivity contribution in [1.29, 1.82) is 0 Å². The highest BCUT2D eigenvalue weighted by Gasteiger charge is 2.17. The summed E-state index contributed by atoms with van der Waals surface area (Å²) in [5, 5.41) is 7.10. The quantitative estimate of drug-likeness (QED) is 0.457. The van der Waals surface area contributed by atoms with Crippen LogP contribution >= 0.6 is 0 Å². The summed E-state index contributed by atoms with van der Waals surface area (Å²) < 4.78 is 7.33. The molecule has 154 valence electrons. The highest BCUT2D eigenvalue weighted by molar-refractivity contribution is 6.10. The van der Waals surface area contributed by atoms with E-state index in [1.807, 2.05) is 61.5 Å². The van der Waals surface area contributed by atoms with Crippen LogP contribution in [0.4, 0.5) is 5.69 Å². The van der Waals surface area contributed by atoms with E-state index < -0.39 is 0 Å². The Hall–Kier alpha value is -4.19. The minimum Gasteiger partial charge on any atom is -0.483 e. The maximum Gasteiger partial charge on any atom is 0.262 e. The van der Waals surface area contributed by atoms with Crippen LogP contribution in [0, 0.1) is 6.92 Å². The van der Waals surface area contributed by atoms with Crippen LogP contribution in [0.1, 0.15) is 21.5 Å². The lowest BCUT2D eigenvalue weighted by atomic mass is 10.1. The van der Waals surface area contributed by atoms with Crippen molar-refractivity contribution >= 4 is 17.4 Å². The monoisotopic (exact) mass is 411 g/mol. The van der Waals surface area contributed by atoms with E-state index in [2.05, 4.69) is 10.4 Å². The van der Waals surface area contributed by atoms with Crippen LogP contribution in [0.25, 0.3) is 5.69 Å². The van der Waals surface area contributed by atoms with Gasteiger partial charge < -0.3 is 10.1 Å². The number of ketones is 1. The summed E-state index contributed by atoms with van der Waals surface area (Å²) in [6.45, 7) is 1.71. The first-order chi connectivity index (χ1) is 15.1. The summed E-state index contributed by atoms with van der Waals surface area (Å²) in [5.41, 5.74) is 3.36. The lowest BCUT2D eigenvalue weighted by Crippen LogP contribution is -2.21. The van der Waals surface area contributed by atoms with Crippen LogP contribution in [-0.4, -0.2) is 28.1 Å². The number of aromatic nitrogens is 2. The second kappa shape index (κ2) is 9.09. The van der Waals surface area contributed by atoms with Crippen molar-refractivity contribution in [2.75, 3.05) is 11.9 Å². The molecule has 0 aliphatic rings. The Bertz CT molecular complexity index is 1220. The zero-order valence-electron chi connectivity index (χ0n) is 17.0. The summed E-state index contributed by atoms with van der Waals surface area (Å²) in [4.78, 5) is 25.4. The summed E-state index contributed by atoms with van der Waals surface area (Å²) in [5.74, 6) is -0.176. The average molecular weight is 411 g/mol. The van der Waals surface area contributed by atoms with Gasteiger partial charge in [-0.25, -0.2) is 4.68 Å². The number of para-hydroxylation sites is 3. The first-order valence-corrected chi connectivity index (χ1v) is 9.84. The molecule has 6 nitrogen and oxygen atoms in total. The van der Waals surface area contributed by atoms with Gasteiger partial charge in [0.2, 0.25) is 0 Å². The molecule has 4 rings (SSSR count). The minimum atomic E-state index is -0.298. The predicted molar refractivity (Wildman–Crippen MR) is 119 cm³/mol. The topological polar surface area (TPSA) is 73.2 Å². The molecular weight excluding hydrogens is 390 g/mol. The third-order valence-corrected chi connectivity index (χ3v) is 4.78. The van der Waals surface area contributed by atoms with Gasteiger partial charge in [-0.05, 0) is 42.8 Å². The Morgan fingerprint density at radius 1 is 0.935 bits per heavy atom. The summed E-state index contributed by atoms with van der Waals surface area (Å²) in [6.07, 6.45) is 3.20. The molecule has 0 spiro atoms. The maximum atomic E-state index is 13.1. The molecule has 0 aliphatic carbocycles. The van der Waals surface area contributed by atoms with E-state index in [1.165, 1.54) is 6.20 Å². The highest BCUT2D eigenvalue weighted by atomic mass is 16.5. The van der Waals surface area contributed by atoms with Crippen LogP contribution in [-0.2, 0) is 4.79 Å². The molecule has 0 aliphatic heterocycles. The lowest BCUT2D eigenvalue weighted by Gasteiger charge is -2.11. The van der Waals surface area contributed by atoms with Crippen molar-refractivity contribution in [3.05, 3.63) is 108 Å². The Labute approximate surface area is 180 Å². The van der Waals surface area contributed by atoms with Gasteiger partial charge in [0.25, 0.3) is 5.91 Å². The highest BCUT2D eigenvalue weighted by Crippen LogP contribution is 2.22. The Balaban J connectivity index is 1.47. The molecule has 31 heavy (non-hydrogen) atoms. The molecule has 6 heteroatoms. The molecule has 0 saturated heterocycles. The molecule has 1 heterocycles. The number of amides is 1. The number of nitrogens with zero attached hydrogens (tertiary/aromatic N) is 2. The third kappa shape index (κ3) is 4.70. The molecular formula is C25H21N3O3. The van der Waals surface area contributed by atoms with Gasteiger partial charge >= 0.3 is 0 Å². The molecule has 1 N–H and O–H groups in total. The van der Waals surface area contributed by atoms with Gasteiger partial charge in [0.15, 0.2) is 12.4 Å². The number of hydrogen-bond donors (Lipinski definition) is 1. The number of benzene rings is 3. The van der Waals surface area contributed by atoms with E-state index in [0.29, 0.717) is 16.9 Å². The zero-order valence-corrected chi connectivity index (χ0v) is 17.0. The van der Waals surface area contributed by atoms with E-state index in [0.717, 1.165) is 16.9 Å². The molecule has 0 unspecified atom stereocenters. The number of nitrogens with one attached hydrogen (secondary N) is 1. The van der Waals surface area contributed by atoms with Gasteiger partial charge in [-0.3, -0.25) is 9.59 Å². The molecule has 0 atom stereocenters. The van der Waals surface area contributed by atoms with Gasteiger partial charge in [-0.15, -0.1) is 0 Å². The minimum absolute atomic E-state index is 0.206. The number of carbonyl (C=O) groups excluding carboxylic acids is 2. The fourth-order valence-corrected chi connectivity index (χ4v) is 3.14. The SMILES string of the molecule is Cc1ccccc1NC(=O)COc1ccccc1C(=O)c1cnn(-c2ccccc2)c1. The number of ether oxygens (including phenoxy) is 1. The molecule has 3 aromatic carbocycles. The van der Waals surface area contributed by atoms with Gasteiger partial charge in [0.05, 0.1) is 23.0 Å². The summed E-state index contributed by atoms with van der Waals surface area (Å²) in [6, 6.07) is 23.9. The second-order valence-corrected chi connectivity index (χ2v) is 6.99.